The number of nitrogens with one attached hydrogen (secondary N) is 1. The fourth-order valence-electron chi connectivity index (χ4n) is 3.01. The number of rotatable bonds is 9. The van der Waals surface area contributed by atoms with Crippen molar-refractivity contribution in [2.24, 2.45) is 0 Å². The number of hydrogen-bond acceptors (Lipinski definition) is 4. The molecule has 6 heteroatoms. The third kappa shape index (κ3) is 6.32. The molecule has 0 spiro atoms. The molecule has 3 aromatic carbocycles. The van der Waals surface area contributed by atoms with Gasteiger partial charge >= 0.3 is 0 Å². The van der Waals surface area contributed by atoms with E-state index < -0.39 is 0 Å². The van der Waals surface area contributed by atoms with Crippen molar-refractivity contribution >= 4 is 11.6 Å². The number of hydrogen-bond donors (Lipinski definition) is 1. The summed E-state index contributed by atoms with van der Waals surface area (Å²) in [4.78, 5) is 14.1. The summed E-state index contributed by atoms with van der Waals surface area (Å²) in [6, 6.07) is 21.4. The van der Waals surface area contributed by atoms with Crippen molar-refractivity contribution in [3.05, 3.63) is 89.7 Å². The summed E-state index contributed by atoms with van der Waals surface area (Å²) in [7, 11) is 3.46. The first-order valence-corrected chi connectivity index (χ1v) is 9.61. The molecule has 1 N–H and O–H groups in total. The number of anilines is 1. The average molecular weight is 408 g/mol. The molecule has 0 unspecified atom stereocenters. The predicted molar refractivity (Wildman–Crippen MR) is 115 cm³/mol. The summed E-state index contributed by atoms with van der Waals surface area (Å²) in [6.07, 6.45) is 0. The van der Waals surface area contributed by atoms with E-state index in [0.29, 0.717) is 30.3 Å². The minimum Gasteiger partial charge on any atom is -0.493 e. The summed E-state index contributed by atoms with van der Waals surface area (Å²) in [5.41, 5.74) is 2.64. The molecule has 0 aliphatic heterocycles. The summed E-state index contributed by atoms with van der Waals surface area (Å²) in [5.74, 6) is 0.809. The van der Waals surface area contributed by atoms with Gasteiger partial charge in [0.15, 0.2) is 11.5 Å². The van der Waals surface area contributed by atoms with E-state index in [-0.39, 0.29) is 18.3 Å². The summed E-state index contributed by atoms with van der Waals surface area (Å²) in [6.45, 7) is 1.22. The monoisotopic (exact) mass is 408 g/mol. The molecule has 0 aliphatic rings. The maximum Gasteiger partial charge on any atom is 0.238 e. The Kier molecular flexibility index (Phi) is 7.40. The molecular formula is C24H25FN2O3. The van der Waals surface area contributed by atoms with Gasteiger partial charge in [-0.15, -0.1) is 0 Å². The zero-order valence-corrected chi connectivity index (χ0v) is 17.1. The standard InChI is InChI=1S/C24H25FN2O3/c1-27(16-24(28)26-21-11-9-20(25)10-12-21)15-19-8-13-22(23(14-19)29-2)30-17-18-6-4-3-5-7-18/h3-14H,15-17H2,1-2H3,(H,26,28). The van der Waals surface area contributed by atoms with E-state index in [2.05, 4.69) is 5.32 Å². The van der Waals surface area contributed by atoms with Crippen LogP contribution in [0.3, 0.4) is 0 Å². The lowest BCUT2D eigenvalue weighted by molar-refractivity contribution is -0.117. The molecule has 0 heterocycles. The van der Waals surface area contributed by atoms with E-state index in [0.717, 1.165) is 11.1 Å². The second kappa shape index (κ2) is 10.4. The predicted octanol–water partition coefficient (Wildman–Crippen LogP) is 4.48. The van der Waals surface area contributed by atoms with E-state index >= 15 is 0 Å². The lowest BCUT2D eigenvalue weighted by Crippen LogP contribution is -2.29. The maximum atomic E-state index is 13.0. The van der Waals surface area contributed by atoms with E-state index in [4.69, 9.17) is 9.47 Å². The Morgan fingerprint density at radius 1 is 0.967 bits per heavy atom. The Hall–Kier alpha value is -3.38. The van der Waals surface area contributed by atoms with E-state index in [9.17, 15) is 9.18 Å². The number of halogens is 1. The van der Waals surface area contributed by atoms with Gasteiger partial charge < -0.3 is 14.8 Å². The molecule has 3 aromatic rings. The number of likely N-dealkylation sites (N-methyl/N-ethyl adjacent to an activating group) is 1. The Balaban J connectivity index is 1.54. The fourth-order valence-corrected chi connectivity index (χ4v) is 3.01. The van der Waals surface area contributed by atoms with Gasteiger partial charge in [0.05, 0.1) is 13.7 Å². The average Bonchev–Trinajstić information content (AvgIpc) is 2.75. The molecule has 0 aromatic heterocycles. The van der Waals surface area contributed by atoms with Crippen LogP contribution in [0.4, 0.5) is 10.1 Å². The third-order valence-electron chi connectivity index (χ3n) is 4.46. The van der Waals surface area contributed by atoms with Crippen molar-refractivity contribution < 1.29 is 18.7 Å². The van der Waals surface area contributed by atoms with Crippen LogP contribution < -0.4 is 14.8 Å². The summed E-state index contributed by atoms with van der Waals surface area (Å²) < 4.78 is 24.3. The summed E-state index contributed by atoms with van der Waals surface area (Å²) >= 11 is 0. The lowest BCUT2D eigenvalue weighted by Gasteiger charge is -2.18. The van der Waals surface area contributed by atoms with Gasteiger partial charge in [0.1, 0.15) is 12.4 Å². The minimum absolute atomic E-state index is 0.168. The topological polar surface area (TPSA) is 50.8 Å². The number of methoxy groups -OCH3 is 1. The smallest absolute Gasteiger partial charge is 0.238 e. The molecule has 0 bridgehead atoms. The number of ether oxygens (including phenoxy) is 2. The van der Waals surface area contributed by atoms with Crippen LogP contribution in [-0.2, 0) is 17.9 Å². The molecular weight excluding hydrogens is 383 g/mol. The van der Waals surface area contributed by atoms with Crippen LogP contribution in [0.5, 0.6) is 11.5 Å². The molecule has 0 radical (unpaired) electrons. The molecule has 0 saturated carbocycles. The molecule has 156 valence electrons. The number of nitrogens with zero attached hydrogens (tertiary/aromatic N) is 1. The van der Waals surface area contributed by atoms with Crippen molar-refractivity contribution in [3.63, 3.8) is 0 Å². The highest BCUT2D eigenvalue weighted by Crippen LogP contribution is 2.29. The lowest BCUT2D eigenvalue weighted by atomic mass is 10.2. The Morgan fingerprint density at radius 2 is 1.70 bits per heavy atom. The summed E-state index contributed by atoms with van der Waals surface area (Å²) in [5, 5.41) is 2.76. The van der Waals surface area contributed by atoms with Crippen molar-refractivity contribution in [2.45, 2.75) is 13.2 Å². The zero-order valence-electron chi connectivity index (χ0n) is 17.1. The molecule has 0 saturated heterocycles. The molecule has 0 fully saturated rings. The van der Waals surface area contributed by atoms with Crippen LogP contribution in [-0.4, -0.2) is 31.5 Å². The van der Waals surface area contributed by atoms with Crippen molar-refractivity contribution in [1.82, 2.24) is 4.90 Å². The number of carbonyl (C=O) groups is 1. The van der Waals surface area contributed by atoms with Crippen molar-refractivity contribution in [3.8, 4) is 11.5 Å². The van der Waals surface area contributed by atoms with E-state index in [1.807, 2.05) is 60.5 Å². The highest BCUT2D eigenvalue weighted by atomic mass is 19.1. The Morgan fingerprint density at radius 3 is 2.40 bits per heavy atom. The largest absolute Gasteiger partial charge is 0.493 e. The molecule has 5 nitrogen and oxygen atoms in total. The van der Waals surface area contributed by atoms with Crippen LogP contribution in [0.2, 0.25) is 0 Å². The van der Waals surface area contributed by atoms with Gasteiger partial charge in [0, 0.05) is 12.2 Å². The first-order chi connectivity index (χ1) is 14.5. The fraction of sp³-hybridized carbons (Fsp3) is 0.208. The molecule has 3 rings (SSSR count). The third-order valence-corrected chi connectivity index (χ3v) is 4.46. The molecule has 0 aliphatic carbocycles. The highest BCUT2D eigenvalue weighted by Gasteiger charge is 2.11. The molecule has 30 heavy (non-hydrogen) atoms. The maximum absolute atomic E-state index is 13.0. The molecule has 0 atom stereocenters. The first-order valence-electron chi connectivity index (χ1n) is 9.61. The minimum atomic E-state index is -0.338. The van der Waals surface area contributed by atoms with Gasteiger partial charge in [-0.2, -0.15) is 0 Å². The van der Waals surface area contributed by atoms with Gasteiger partial charge in [-0.1, -0.05) is 36.4 Å². The van der Waals surface area contributed by atoms with Crippen LogP contribution in [0.1, 0.15) is 11.1 Å². The highest BCUT2D eigenvalue weighted by molar-refractivity contribution is 5.92. The number of benzene rings is 3. The number of amides is 1. The van der Waals surface area contributed by atoms with E-state index in [1.165, 1.54) is 24.3 Å². The quantitative estimate of drug-likeness (QED) is 0.567. The second-order valence-corrected chi connectivity index (χ2v) is 6.99. The molecule has 1 amide bonds. The van der Waals surface area contributed by atoms with E-state index in [1.54, 1.807) is 7.11 Å². The second-order valence-electron chi connectivity index (χ2n) is 6.99. The van der Waals surface area contributed by atoms with Crippen LogP contribution >= 0.6 is 0 Å². The van der Waals surface area contributed by atoms with Gasteiger partial charge in [0.2, 0.25) is 5.91 Å². The van der Waals surface area contributed by atoms with Crippen LogP contribution in [0.15, 0.2) is 72.8 Å². The van der Waals surface area contributed by atoms with Gasteiger partial charge in [-0.05, 0) is 54.6 Å². The van der Waals surface area contributed by atoms with Gasteiger partial charge in [0.25, 0.3) is 0 Å². The first kappa shape index (κ1) is 21.3. The van der Waals surface area contributed by atoms with Crippen molar-refractivity contribution in [2.75, 3.05) is 26.0 Å². The van der Waals surface area contributed by atoms with Crippen molar-refractivity contribution in [1.29, 1.82) is 0 Å². The Bertz CT molecular complexity index is 962. The zero-order chi connectivity index (χ0) is 21.3. The van der Waals surface area contributed by atoms with Gasteiger partial charge in [-0.3, -0.25) is 9.69 Å². The van der Waals surface area contributed by atoms with Crippen LogP contribution in [0.25, 0.3) is 0 Å². The Labute approximate surface area is 176 Å². The van der Waals surface area contributed by atoms with Gasteiger partial charge in [-0.25, -0.2) is 4.39 Å². The number of carbonyl (C=O) groups excluding carboxylic acids is 1. The van der Waals surface area contributed by atoms with Crippen LogP contribution in [0, 0.1) is 5.82 Å². The normalized spacial score (nSPS) is 10.7. The SMILES string of the molecule is COc1cc(CN(C)CC(=O)Nc2ccc(F)cc2)ccc1OCc1ccccc1.